The summed E-state index contributed by atoms with van der Waals surface area (Å²) >= 11 is 0. The van der Waals surface area contributed by atoms with Crippen molar-refractivity contribution in [1.82, 2.24) is 19.5 Å². The topological polar surface area (TPSA) is 119 Å². The van der Waals surface area contributed by atoms with Gasteiger partial charge in [-0.1, -0.05) is 0 Å². The second-order valence-corrected chi connectivity index (χ2v) is 4.24. The molecular formula is C10H13N5O3. The van der Waals surface area contributed by atoms with Gasteiger partial charge in [-0.25, -0.2) is 15.0 Å². The second-order valence-electron chi connectivity index (χ2n) is 4.24. The molecule has 3 heterocycles. The summed E-state index contributed by atoms with van der Waals surface area (Å²) < 4.78 is 7.15. The molecule has 8 heteroatoms. The summed E-state index contributed by atoms with van der Waals surface area (Å²) in [5.41, 5.74) is 6.74. The van der Waals surface area contributed by atoms with Gasteiger partial charge in [0.05, 0.1) is 19.0 Å². The number of rotatable bonds is 1. The molecular weight excluding hydrogens is 238 g/mol. The summed E-state index contributed by atoms with van der Waals surface area (Å²) in [5.74, 6) is 0.301. The summed E-state index contributed by atoms with van der Waals surface area (Å²) in [7, 11) is 0. The maximum Gasteiger partial charge on any atom is 0.167 e. The van der Waals surface area contributed by atoms with Gasteiger partial charge in [0, 0.05) is 6.42 Å². The Kier molecular flexibility index (Phi) is 2.62. The van der Waals surface area contributed by atoms with Gasteiger partial charge in [-0.05, 0) is 0 Å². The van der Waals surface area contributed by atoms with Crippen LogP contribution in [0.4, 0.5) is 5.82 Å². The van der Waals surface area contributed by atoms with Gasteiger partial charge in [0.15, 0.2) is 11.5 Å². The van der Waals surface area contributed by atoms with Gasteiger partial charge in [-0.3, -0.25) is 4.57 Å². The molecule has 3 rings (SSSR count). The van der Waals surface area contributed by atoms with Gasteiger partial charge < -0.3 is 20.7 Å². The first-order valence-corrected chi connectivity index (χ1v) is 5.57. The number of aliphatic hydroxyl groups excluding tert-OH is 2. The van der Waals surface area contributed by atoms with E-state index in [0.717, 1.165) is 0 Å². The molecule has 1 aliphatic heterocycles. The van der Waals surface area contributed by atoms with Crippen molar-refractivity contribution in [3.63, 3.8) is 0 Å². The lowest BCUT2D eigenvalue weighted by atomic mass is 10.1. The Morgan fingerprint density at radius 2 is 2.11 bits per heavy atom. The van der Waals surface area contributed by atoms with Crippen molar-refractivity contribution in [2.24, 2.45) is 0 Å². The zero-order valence-electron chi connectivity index (χ0n) is 9.47. The Balaban J connectivity index is 1.98. The van der Waals surface area contributed by atoms with Gasteiger partial charge in [-0.15, -0.1) is 0 Å². The fraction of sp³-hybridized carbons (Fsp3) is 0.500. The van der Waals surface area contributed by atoms with Crippen LogP contribution in [-0.2, 0) is 4.74 Å². The number of anilines is 1. The third-order valence-corrected chi connectivity index (χ3v) is 3.04. The highest BCUT2D eigenvalue weighted by atomic mass is 16.5. The van der Waals surface area contributed by atoms with Crippen LogP contribution in [0.3, 0.4) is 0 Å². The van der Waals surface area contributed by atoms with Gasteiger partial charge in [0.2, 0.25) is 0 Å². The predicted octanol–water partition coefficient (Wildman–Crippen LogP) is -0.951. The molecule has 0 saturated carbocycles. The van der Waals surface area contributed by atoms with Crippen LogP contribution in [0.15, 0.2) is 12.7 Å². The zero-order chi connectivity index (χ0) is 12.7. The Morgan fingerprint density at radius 3 is 2.89 bits per heavy atom. The van der Waals surface area contributed by atoms with Crippen LogP contribution < -0.4 is 5.73 Å². The minimum absolute atomic E-state index is 0.0755. The van der Waals surface area contributed by atoms with Crippen LogP contribution in [0.2, 0.25) is 0 Å². The van der Waals surface area contributed by atoms with Crippen molar-refractivity contribution in [1.29, 1.82) is 0 Å². The van der Waals surface area contributed by atoms with Crippen molar-refractivity contribution in [2.45, 2.75) is 24.9 Å². The SMILES string of the molecule is Nc1ncnc2c1ncn2C1CC(O)C(O)CO1. The average Bonchev–Trinajstić information content (AvgIpc) is 2.78. The number of aromatic nitrogens is 4. The Hall–Kier alpha value is -1.77. The molecule has 96 valence electrons. The number of ether oxygens (including phenoxy) is 1. The van der Waals surface area contributed by atoms with Crippen molar-refractivity contribution in [2.75, 3.05) is 12.3 Å². The Labute approximate surface area is 102 Å². The first-order valence-electron chi connectivity index (χ1n) is 5.57. The van der Waals surface area contributed by atoms with E-state index in [1.807, 2.05) is 0 Å². The summed E-state index contributed by atoms with van der Waals surface area (Å²) in [4.78, 5) is 12.1. The number of imidazole rings is 1. The summed E-state index contributed by atoms with van der Waals surface area (Å²) in [6.45, 7) is 0.0755. The monoisotopic (exact) mass is 251 g/mol. The van der Waals surface area contributed by atoms with E-state index in [1.165, 1.54) is 6.33 Å². The number of fused-ring (bicyclic) bond motifs is 1. The van der Waals surface area contributed by atoms with Gasteiger partial charge in [0.1, 0.15) is 24.2 Å². The molecule has 1 aliphatic rings. The molecule has 3 unspecified atom stereocenters. The second kappa shape index (κ2) is 4.16. The first-order chi connectivity index (χ1) is 8.66. The Morgan fingerprint density at radius 1 is 1.28 bits per heavy atom. The maximum absolute atomic E-state index is 9.65. The van der Waals surface area contributed by atoms with Crippen LogP contribution in [0.1, 0.15) is 12.6 Å². The highest BCUT2D eigenvalue weighted by Gasteiger charge is 2.30. The molecule has 4 N–H and O–H groups in total. The molecule has 18 heavy (non-hydrogen) atoms. The number of aliphatic hydroxyl groups is 2. The summed E-state index contributed by atoms with van der Waals surface area (Å²) in [6.07, 6.45) is 1.09. The van der Waals surface area contributed by atoms with Crippen LogP contribution >= 0.6 is 0 Å². The third kappa shape index (κ3) is 1.70. The molecule has 1 saturated heterocycles. The number of hydrogen-bond donors (Lipinski definition) is 3. The van der Waals surface area contributed by atoms with E-state index in [1.54, 1.807) is 10.9 Å². The van der Waals surface area contributed by atoms with Crippen molar-refractivity contribution in [3.8, 4) is 0 Å². The van der Waals surface area contributed by atoms with E-state index in [0.29, 0.717) is 17.0 Å². The van der Waals surface area contributed by atoms with Crippen LogP contribution in [0.5, 0.6) is 0 Å². The van der Waals surface area contributed by atoms with Crippen molar-refractivity contribution >= 4 is 17.0 Å². The Bertz CT molecular complexity index is 572. The third-order valence-electron chi connectivity index (χ3n) is 3.04. The van der Waals surface area contributed by atoms with Crippen LogP contribution in [-0.4, -0.2) is 48.5 Å². The fourth-order valence-electron chi connectivity index (χ4n) is 2.03. The van der Waals surface area contributed by atoms with Gasteiger partial charge >= 0.3 is 0 Å². The van der Waals surface area contributed by atoms with E-state index in [-0.39, 0.29) is 13.0 Å². The van der Waals surface area contributed by atoms with E-state index in [9.17, 15) is 10.2 Å². The zero-order valence-corrected chi connectivity index (χ0v) is 9.47. The molecule has 0 radical (unpaired) electrons. The van der Waals surface area contributed by atoms with E-state index >= 15 is 0 Å². The highest BCUT2D eigenvalue weighted by Crippen LogP contribution is 2.26. The number of hydrogen-bond acceptors (Lipinski definition) is 7. The van der Waals surface area contributed by atoms with Gasteiger partial charge in [-0.2, -0.15) is 0 Å². The number of nitrogens with two attached hydrogens (primary N) is 1. The molecule has 0 amide bonds. The summed E-state index contributed by atoms with van der Waals surface area (Å²) in [6, 6.07) is 0. The highest BCUT2D eigenvalue weighted by molar-refractivity contribution is 5.81. The molecule has 0 bridgehead atoms. The maximum atomic E-state index is 9.65. The van der Waals surface area contributed by atoms with E-state index < -0.39 is 18.4 Å². The minimum atomic E-state index is -0.851. The smallest absolute Gasteiger partial charge is 0.167 e. The average molecular weight is 251 g/mol. The molecule has 0 spiro atoms. The van der Waals surface area contributed by atoms with Crippen LogP contribution in [0, 0.1) is 0 Å². The predicted molar refractivity (Wildman–Crippen MR) is 61.4 cm³/mol. The molecule has 2 aromatic rings. The lowest BCUT2D eigenvalue weighted by Gasteiger charge is -2.31. The van der Waals surface area contributed by atoms with E-state index in [2.05, 4.69) is 15.0 Å². The molecule has 0 aliphatic carbocycles. The van der Waals surface area contributed by atoms with Crippen molar-refractivity contribution < 1.29 is 14.9 Å². The van der Waals surface area contributed by atoms with E-state index in [4.69, 9.17) is 10.5 Å². The minimum Gasteiger partial charge on any atom is -0.390 e. The van der Waals surface area contributed by atoms with Crippen LogP contribution in [0.25, 0.3) is 11.2 Å². The standard InChI is InChI=1S/C10H13N5O3/c11-9-8-10(13-3-12-9)15(4-14-8)7-1-5(16)6(17)2-18-7/h3-7,16-17H,1-2H2,(H2,11,12,13). The lowest BCUT2D eigenvalue weighted by molar-refractivity contribution is -0.144. The largest absolute Gasteiger partial charge is 0.390 e. The quantitative estimate of drug-likeness (QED) is 0.597. The van der Waals surface area contributed by atoms with Crippen molar-refractivity contribution in [3.05, 3.63) is 12.7 Å². The molecule has 2 aromatic heterocycles. The lowest BCUT2D eigenvalue weighted by Crippen LogP contribution is -2.39. The number of nitrogen functional groups attached to an aromatic ring is 1. The molecule has 1 fully saturated rings. The first kappa shape index (κ1) is 11.3. The molecule has 8 nitrogen and oxygen atoms in total. The fourth-order valence-corrected chi connectivity index (χ4v) is 2.03. The molecule has 3 atom stereocenters. The van der Waals surface area contributed by atoms with Gasteiger partial charge in [0.25, 0.3) is 0 Å². The normalized spacial score (nSPS) is 28.7. The molecule has 0 aromatic carbocycles. The number of nitrogens with zero attached hydrogens (tertiary/aromatic N) is 4. The summed E-state index contributed by atoms with van der Waals surface area (Å²) in [5, 5.41) is 19.1.